The number of amides is 2. The number of likely N-dealkylation sites (tertiary alicyclic amines) is 1. The molecular weight excluding hydrogens is 376 g/mol. The van der Waals surface area contributed by atoms with Gasteiger partial charge in [-0.3, -0.25) is 9.59 Å². The Labute approximate surface area is 170 Å². The highest BCUT2D eigenvalue weighted by atomic mass is 35.5. The fourth-order valence-electron chi connectivity index (χ4n) is 3.38. The molecule has 0 atom stereocenters. The van der Waals surface area contributed by atoms with Crippen LogP contribution in [0.1, 0.15) is 40.7 Å². The molecule has 28 heavy (non-hydrogen) atoms. The number of aryl methyl sites for hydroxylation is 2. The molecule has 1 aliphatic heterocycles. The van der Waals surface area contributed by atoms with E-state index in [2.05, 4.69) is 5.32 Å². The zero-order valence-corrected chi connectivity index (χ0v) is 17.0. The number of nitrogens with one attached hydrogen (secondary N) is 1. The third kappa shape index (κ3) is 4.84. The van der Waals surface area contributed by atoms with E-state index in [9.17, 15) is 9.59 Å². The largest absolute Gasteiger partial charge is 0.493 e. The van der Waals surface area contributed by atoms with E-state index in [-0.39, 0.29) is 24.8 Å². The standard InChI is InChI=1S/C22H25ClN2O3/c1-15-6-5-7-16(2)21(15)28-13-10-20(26)24-19-14-17(23)8-9-18(19)22(27)25-11-3-4-12-25/h5-9,14H,3-4,10-13H2,1-2H3,(H,24,26). The van der Waals surface area contributed by atoms with Crippen molar-refractivity contribution in [3.63, 3.8) is 0 Å². The summed E-state index contributed by atoms with van der Waals surface area (Å²) in [6.07, 6.45) is 2.20. The summed E-state index contributed by atoms with van der Waals surface area (Å²) >= 11 is 6.08. The summed E-state index contributed by atoms with van der Waals surface area (Å²) in [5.41, 5.74) is 2.99. The number of para-hydroxylation sites is 1. The molecule has 2 aromatic carbocycles. The minimum Gasteiger partial charge on any atom is -0.493 e. The molecule has 0 unspecified atom stereocenters. The van der Waals surface area contributed by atoms with Crippen LogP contribution in [0.2, 0.25) is 5.02 Å². The average Bonchev–Trinajstić information content (AvgIpc) is 3.18. The molecule has 1 fully saturated rings. The summed E-state index contributed by atoms with van der Waals surface area (Å²) in [6.45, 7) is 5.71. The van der Waals surface area contributed by atoms with Crippen LogP contribution in [0.4, 0.5) is 5.69 Å². The summed E-state index contributed by atoms with van der Waals surface area (Å²) in [6, 6.07) is 10.9. The Hall–Kier alpha value is -2.53. The Morgan fingerprint density at radius 3 is 2.46 bits per heavy atom. The molecule has 1 aliphatic rings. The van der Waals surface area contributed by atoms with Crippen molar-refractivity contribution in [2.45, 2.75) is 33.1 Å². The van der Waals surface area contributed by atoms with E-state index in [1.807, 2.05) is 36.9 Å². The SMILES string of the molecule is Cc1cccc(C)c1OCCC(=O)Nc1cc(Cl)ccc1C(=O)N1CCCC1. The number of carbonyl (C=O) groups excluding carboxylic acids is 2. The van der Waals surface area contributed by atoms with Crippen molar-refractivity contribution in [3.8, 4) is 5.75 Å². The lowest BCUT2D eigenvalue weighted by molar-refractivity contribution is -0.116. The number of carbonyl (C=O) groups is 2. The molecule has 3 rings (SSSR count). The van der Waals surface area contributed by atoms with Crippen molar-refractivity contribution < 1.29 is 14.3 Å². The average molecular weight is 401 g/mol. The van der Waals surface area contributed by atoms with Gasteiger partial charge < -0.3 is 15.0 Å². The van der Waals surface area contributed by atoms with Crippen LogP contribution in [0.15, 0.2) is 36.4 Å². The predicted octanol–water partition coefficient (Wildman–Crippen LogP) is 4.60. The minimum absolute atomic E-state index is 0.0729. The van der Waals surface area contributed by atoms with Crippen LogP contribution < -0.4 is 10.1 Å². The van der Waals surface area contributed by atoms with Crippen molar-refractivity contribution in [1.29, 1.82) is 0 Å². The smallest absolute Gasteiger partial charge is 0.255 e. The predicted molar refractivity (Wildman–Crippen MR) is 111 cm³/mol. The Morgan fingerprint density at radius 1 is 1.11 bits per heavy atom. The molecule has 1 N–H and O–H groups in total. The second-order valence-corrected chi connectivity index (χ2v) is 7.49. The first-order valence-corrected chi connectivity index (χ1v) is 9.91. The Kier molecular flexibility index (Phi) is 6.57. The lowest BCUT2D eigenvalue weighted by atomic mass is 10.1. The molecule has 2 aromatic rings. The number of rotatable bonds is 6. The van der Waals surface area contributed by atoms with Gasteiger partial charge in [-0.1, -0.05) is 29.8 Å². The second-order valence-electron chi connectivity index (χ2n) is 7.06. The van der Waals surface area contributed by atoms with Crippen LogP contribution in [-0.4, -0.2) is 36.4 Å². The summed E-state index contributed by atoms with van der Waals surface area (Å²) < 4.78 is 5.80. The monoisotopic (exact) mass is 400 g/mol. The molecule has 6 heteroatoms. The number of hydrogen-bond donors (Lipinski definition) is 1. The fourth-order valence-corrected chi connectivity index (χ4v) is 3.55. The van der Waals surface area contributed by atoms with Crippen molar-refractivity contribution in [3.05, 3.63) is 58.1 Å². The summed E-state index contributed by atoms with van der Waals surface area (Å²) in [7, 11) is 0. The van der Waals surface area contributed by atoms with Gasteiger partial charge in [0, 0.05) is 18.1 Å². The highest BCUT2D eigenvalue weighted by Gasteiger charge is 2.22. The summed E-state index contributed by atoms with van der Waals surface area (Å²) in [5, 5.41) is 3.29. The Bertz CT molecular complexity index is 856. The first-order valence-electron chi connectivity index (χ1n) is 9.53. The number of ether oxygens (including phenoxy) is 1. The van der Waals surface area contributed by atoms with E-state index in [0.29, 0.717) is 16.3 Å². The third-order valence-electron chi connectivity index (χ3n) is 4.86. The number of hydrogen-bond acceptors (Lipinski definition) is 3. The van der Waals surface area contributed by atoms with E-state index in [1.165, 1.54) is 0 Å². The van der Waals surface area contributed by atoms with Gasteiger partial charge in [0.1, 0.15) is 5.75 Å². The highest BCUT2D eigenvalue weighted by Crippen LogP contribution is 2.25. The third-order valence-corrected chi connectivity index (χ3v) is 5.10. The van der Waals surface area contributed by atoms with E-state index in [0.717, 1.165) is 42.8 Å². The van der Waals surface area contributed by atoms with Crippen LogP contribution in [0, 0.1) is 13.8 Å². The van der Waals surface area contributed by atoms with Gasteiger partial charge in [-0.25, -0.2) is 0 Å². The minimum atomic E-state index is -0.219. The van der Waals surface area contributed by atoms with Crippen molar-refractivity contribution in [2.75, 3.05) is 25.0 Å². The number of halogens is 1. The first-order chi connectivity index (χ1) is 13.5. The van der Waals surface area contributed by atoms with Crippen molar-refractivity contribution in [1.82, 2.24) is 4.90 Å². The summed E-state index contributed by atoms with van der Waals surface area (Å²) in [4.78, 5) is 27.0. The molecule has 0 radical (unpaired) electrons. The van der Waals surface area contributed by atoms with Crippen molar-refractivity contribution >= 4 is 29.1 Å². The topological polar surface area (TPSA) is 58.6 Å². The molecule has 0 aliphatic carbocycles. The summed E-state index contributed by atoms with van der Waals surface area (Å²) in [5.74, 6) is 0.517. The van der Waals surface area contributed by atoms with Crippen LogP contribution in [0.5, 0.6) is 5.75 Å². The van der Waals surface area contributed by atoms with Gasteiger partial charge in [-0.15, -0.1) is 0 Å². The van der Waals surface area contributed by atoms with E-state index in [4.69, 9.17) is 16.3 Å². The molecule has 5 nitrogen and oxygen atoms in total. The quantitative estimate of drug-likeness (QED) is 0.770. The lowest BCUT2D eigenvalue weighted by Crippen LogP contribution is -2.29. The Balaban J connectivity index is 1.63. The van der Waals surface area contributed by atoms with Gasteiger partial charge in [0.2, 0.25) is 5.91 Å². The van der Waals surface area contributed by atoms with E-state index >= 15 is 0 Å². The number of anilines is 1. The molecule has 148 valence electrons. The van der Waals surface area contributed by atoms with Crippen LogP contribution in [0.25, 0.3) is 0 Å². The number of nitrogens with zero attached hydrogens (tertiary/aromatic N) is 1. The molecule has 0 aromatic heterocycles. The molecule has 1 heterocycles. The molecule has 0 spiro atoms. The molecule has 2 amide bonds. The zero-order chi connectivity index (χ0) is 20.1. The van der Waals surface area contributed by atoms with Gasteiger partial charge >= 0.3 is 0 Å². The zero-order valence-electron chi connectivity index (χ0n) is 16.3. The van der Waals surface area contributed by atoms with Crippen LogP contribution in [-0.2, 0) is 4.79 Å². The first kappa shape index (κ1) is 20.2. The normalized spacial score (nSPS) is 13.5. The fraction of sp³-hybridized carbons (Fsp3) is 0.364. The van der Waals surface area contributed by atoms with Crippen LogP contribution in [0.3, 0.4) is 0 Å². The molecule has 0 bridgehead atoms. The highest BCUT2D eigenvalue weighted by molar-refractivity contribution is 6.31. The second kappa shape index (κ2) is 9.11. The molecule has 0 saturated carbocycles. The maximum Gasteiger partial charge on any atom is 0.255 e. The van der Waals surface area contributed by atoms with Gasteiger partial charge in [0.25, 0.3) is 5.91 Å². The van der Waals surface area contributed by atoms with Gasteiger partial charge in [-0.2, -0.15) is 0 Å². The van der Waals surface area contributed by atoms with E-state index in [1.54, 1.807) is 18.2 Å². The van der Waals surface area contributed by atoms with E-state index < -0.39 is 0 Å². The molecule has 1 saturated heterocycles. The lowest BCUT2D eigenvalue weighted by Gasteiger charge is -2.18. The maximum atomic E-state index is 12.7. The van der Waals surface area contributed by atoms with Gasteiger partial charge in [0.15, 0.2) is 0 Å². The number of benzene rings is 2. The van der Waals surface area contributed by atoms with Gasteiger partial charge in [0.05, 0.1) is 24.3 Å². The molecular formula is C22H25ClN2O3. The van der Waals surface area contributed by atoms with Crippen LogP contribution >= 0.6 is 11.6 Å². The Morgan fingerprint density at radius 2 is 1.79 bits per heavy atom. The van der Waals surface area contributed by atoms with Gasteiger partial charge in [-0.05, 0) is 56.0 Å². The maximum absolute atomic E-state index is 12.7. The van der Waals surface area contributed by atoms with Crippen molar-refractivity contribution in [2.24, 2.45) is 0 Å².